The molecule has 1 amide bonds. The van der Waals surface area contributed by atoms with Gasteiger partial charge in [0.25, 0.3) is 5.91 Å². The average Bonchev–Trinajstić information content (AvgIpc) is 3.00. The van der Waals surface area contributed by atoms with Crippen LogP contribution in [-0.4, -0.2) is 37.0 Å². The number of hydrogen-bond donors (Lipinski definition) is 1. The van der Waals surface area contributed by atoms with E-state index in [9.17, 15) is 4.79 Å². The minimum Gasteiger partial charge on any atom is -0.492 e. The smallest absolute Gasteiger partial charge is 0.258 e. The largest absolute Gasteiger partial charge is 0.492 e. The normalized spacial score (nSPS) is 10.8. The van der Waals surface area contributed by atoms with Crippen LogP contribution < -0.4 is 10.1 Å². The number of carbonyl (C=O) groups is 1. The quantitative estimate of drug-likeness (QED) is 0.751. The number of rotatable bonds is 8. The number of nitrogens with one attached hydrogen (secondary N) is 1. The van der Waals surface area contributed by atoms with Gasteiger partial charge in [0.05, 0.1) is 5.56 Å². The highest BCUT2D eigenvalue weighted by Crippen LogP contribution is 2.18. The van der Waals surface area contributed by atoms with Gasteiger partial charge in [-0.05, 0) is 53.3 Å². The predicted octanol–water partition coefficient (Wildman–Crippen LogP) is 4.02. The van der Waals surface area contributed by atoms with E-state index >= 15 is 0 Å². The molecule has 23 heavy (non-hydrogen) atoms. The van der Waals surface area contributed by atoms with Gasteiger partial charge in [0, 0.05) is 18.3 Å². The Morgan fingerprint density at radius 2 is 1.96 bits per heavy atom. The lowest BCUT2D eigenvalue weighted by atomic mass is 10.2. The van der Waals surface area contributed by atoms with Crippen LogP contribution in [0.4, 0.5) is 5.69 Å². The highest BCUT2D eigenvalue weighted by molar-refractivity contribution is 9.10. The summed E-state index contributed by atoms with van der Waals surface area (Å²) in [6, 6.07) is 8.96. The van der Waals surface area contributed by atoms with Crippen molar-refractivity contribution >= 4 is 27.5 Å². The SMILES string of the molecule is CCN(CC)CCOc1ccc(NC(=O)c2coc(Br)c2)cc1. The van der Waals surface area contributed by atoms with Crippen molar-refractivity contribution in [1.29, 1.82) is 0 Å². The summed E-state index contributed by atoms with van der Waals surface area (Å²) in [5.41, 5.74) is 1.18. The lowest BCUT2D eigenvalue weighted by Gasteiger charge is -2.18. The van der Waals surface area contributed by atoms with Gasteiger partial charge >= 0.3 is 0 Å². The van der Waals surface area contributed by atoms with Crippen molar-refractivity contribution in [2.75, 3.05) is 31.6 Å². The van der Waals surface area contributed by atoms with Crippen molar-refractivity contribution in [3.63, 3.8) is 0 Å². The Morgan fingerprint density at radius 1 is 1.26 bits per heavy atom. The van der Waals surface area contributed by atoms with Crippen LogP contribution in [0.1, 0.15) is 24.2 Å². The molecule has 0 aliphatic rings. The molecular formula is C17H21BrN2O3. The fourth-order valence-electron chi connectivity index (χ4n) is 2.10. The van der Waals surface area contributed by atoms with E-state index in [4.69, 9.17) is 9.15 Å². The molecule has 0 saturated heterocycles. The molecule has 1 N–H and O–H groups in total. The zero-order valence-corrected chi connectivity index (χ0v) is 14.9. The van der Waals surface area contributed by atoms with E-state index in [0.29, 0.717) is 22.5 Å². The molecule has 5 nitrogen and oxygen atoms in total. The zero-order valence-electron chi connectivity index (χ0n) is 13.3. The number of halogens is 1. The van der Waals surface area contributed by atoms with E-state index in [1.54, 1.807) is 6.07 Å². The van der Waals surface area contributed by atoms with Gasteiger partial charge in [-0.1, -0.05) is 13.8 Å². The van der Waals surface area contributed by atoms with E-state index in [2.05, 4.69) is 40.0 Å². The predicted molar refractivity (Wildman–Crippen MR) is 94.1 cm³/mol. The number of likely N-dealkylation sites (N-methyl/N-ethyl adjacent to an activating group) is 1. The van der Waals surface area contributed by atoms with Crippen molar-refractivity contribution in [2.24, 2.45) is 0 Å². The van der Waals surface area contributed by atoms with Gasteiger partial charge in [0.15, 0.2) is 4.67 Å². The highest BCUT2D eigenvalue weighted by Gasteiger charge is 2.09. The summed E-state index contributed by atoms with van der Waals surface area (Å²) < 4.78 is 11.3. The lowest BCUT2D eigenvalue weighted by Crippen LogP contribution is -2.27. The third-order valence-corrected chi connectivity index (χ3v) is 3.93. The molecule has 0 atom stereocenters. The van der Waals surface area contributed by atoms with Gasteiger partial charge in [0.1, 0.15) is 18.6 Å². The molecule has 2 rings (SSSR count). The van der Waals surface area contributed by atoms with Crippen molar-refractivity contribution in [1.82, 2.24) is 4.90 Å². The summed E-state index contributed by atoms with van der Waals surface area (Å²) in [6.07, 6.45) is 1.41. The number of anilines is 1. The van der Waals surface area contributed by atoms with Crippen LogP contribution in [0.15, 0.2) is 45.7 Å². The van der Waals surface area contributed by atoms with E-state index < -0.39 is 0 Å². The van der Waals surface area contributed by atoms with Crippen LogP contribution in [-0.2, 0) is 0 Å². The van der Waals surface area contributed by atoms with Crippen molar-refractivity contribution in [3.05, 3.63) is 46.8 Å². The standard InChI is InChI=1S/C17H21BrN2O3/c1-3-20(4-2)9-10-22-15-7-5-14(6-8-15)19-17(21)13-11-16(18)23-12-13/h5-8,11-12H,3-4,9-10H2,1-2H3,(H,19,21). The van der Waals surface area contributed by atoms with Gasteiger partial charge in [-0.25, -0.2) is 0 Å². The first kappa shape index (κ1) is 17.6. The average molecular weight is 381 g/mol. The van der Waals surface area contributed by atoms with Crippen LogP contribution in [0, 0.1) is 0 Å². The molecule has 0 aliphatic heterocycles. The molecule has 1 aromatic carbocycles. The minimum absolute atomic E-state index is 0.213. The number of benzene rings is 1. The molecule has 0 spiro atoms. The maximum absolute atomic E-state index is 12.0. The maximum atomic E-state index is 12.0. The Bertz CT molecular complexity index is 621. The molecule has 124 valence electrons. The second-order valence-electron chi connectivity index (χ2n) is 4.99. The van der Waals surface area contributed by atoms with Crippen LogP contribution in [0.2, 0.25) is 0 Å². The van der Waals surface area contributed by atoms with Crippen LogP contribution >= 0.6 is 15.9 Å². The topological polar surface area (TPSA) is 54.7 Å². The van der Waals surface area contributed by atoms with Crippen LogP contribution in [0.3, 0.4) is 0 Å². The van der Waals surface area contributed by atoms with Gasteiger partial charge in [-0.15, -0.1) is 0 Å². The van der Waals surface area contributed by atoms with Gasteiger partial charge < -0.3 is 19.4 Å². The molecule has 0 bridgehead atoms. The van der Waals surface area contributed by atoms with E-state index in [-0.39, 0.29) is 5.91 Å². The number of nitrogens with zero attached hydrogens (tertiary/aromatic N) is 1. The van der Waals surface area contributed by atoms with Crippen molar-refractivity contribution < 1.29 is 13.9 Å². The number of hydrogen-bond acceptors (Lipinski definition) is 4. The molecule has 1 aromatic heterocycles. The molecule has 0 aliphatic carbocycles. The molecule has 0 radical (unpaired) electrons. The Kier molecular flexibility index (Phi) is 6.67. The molecule has 0 saturated carbocycles. The Morgan fingerprint density at radius 3 is 2.52 bits per heavy atom. The summed E-state index contributed by atoms with van der Waals surface area (Å²) in [5, 5.41) is 2.81. The fraction of sp³-hybridized carbons (Fsp3) is 0.353. The highest BCUT2D eigenvalue weighted by atomic mass is 79.9. The van der Waals surface area contributed by atoms with Crippen molar-refractivity contribution in [3.8, 4) is 5.75 Å². The minimum atomic E-state index is -0.213. The molecule has 0 unspecified atom stereocenters. The van der Waals surface area contributed by atoms with Gasteiger partial charge in [-0.2, -0.15) is 0 Å². The molecule has 2 aromatic rings. The first-order chi connectivity index (χ1) is 11.1. The number of ether oxygens (including phenoxy) is 1. The van der Waals surface area contributed by atoms with E-state index in [0.717, 1.165) is 25.4 Å². The summed E-state index contributed by atoms with van der Waals surface area (Å²) in [7, 11) is 0. The number of carbonyl (C=O) groups excluding carboxylic acids is 1. The summed E-state index contributed by atoms with van der Waals surface area (Å²) in [4.78, 5) is 14.3. The summed E-state index contributed by atoms with van der Waals surface area (Å²) in [6.45, 7) is 7.88. The zero-order chi connectivity index (χ0) is 16.7. The number of amides is 1. The van der Waals surface area contributed by atoms with E-state index in [1.807, 2.05) is 24.3 Å². The molecular weight excluding hydrogens is 360 g/mol. The van der Waals surface area contributed by atoms with Gasteiger partial charge in [0.2, 0.25) is 0 Å². The lowest BCUT2D eigenvalue weighted by molar-refractivity contribution is 0.102. The van der Waals surface area contributed by atoms with Crippen LogP contribution in [0.25, 0.3) is 0 Å². The monoisotopic (exact) mass is 380 g/mol. The molecule has 0 fully saturated rings. The summed E-state index contributed by atoms with van der Waals surface area (Å²) in [5.74, 6) is 0.580. The second-order valence-corrected chi connectivity index (χ2v) is 5.77. The summed E-state index contributed by atoms with van der Waals surface area (Å²) >= 11 is 3.17. The Balaban J connectivity index is 1.83. The first-order valence-corrected chi connectivity index (χ1v) is 8.42. The Hall–Kier alpha value is -1.79. The third kappa shape index (κ3) is 5.41. The second kappa shape index (κ2) is 8.74. The molecule has 6 heteroatoms. The van der Waals surface area contributed by atoms with Crippen LogP contribution in [0.5, 0.6) is 5.75 Å². The van der Waals surface area contributed by atoms with Gasteiger partial charge in [-0.3, -0.25) is 4.79 Å². The van der Waals surface area contributed by atoms with E-state index in [1.165, 1.54) is 6.26 Å². The fourth-order valence-corrected chi connectivity index (χ4v) is 2.44. The maximum Gasteiger partial charge on any atom is 0.258 e. The third-order valence-electron chi connectivity index (χ3n) is 3.51. The number of furan rings is 1. The first-order valence-electron chi connectivity index (χ1n) is 7.63. The Labute approximate surface area is 144 Å². The van der Waals surface area contributed by atoms with Crippen molar-refractivity contribution in [2.45, 2.75) is 13.8 Å². The molecule has 1 heterocycles.